The minimum atomic E-state index is -0.355. The summed E-state index contributed by atoms with van der Waals surface area (Å²) in [5.41, 5.74) is 0.588. The lowest BCUT2D eigenvalue weighted by molar-refractivity contribution is -0.120. The summed E-state index contributed by atoms with van der Waals surface area (Å²) in [5, 5.41) is 7.76. The second-order valence-electron chi connectivity index (χ2n) is 8.23. The fraction of sp³-hybridized carbons (Fsp3) is 0.545. The van der Waals surface area contributed by atoms with Crippen LogP contribution in [0.25, 0.3) is 0 Å². The third kappa shape index (κ3) is 8.26. The van der Waals surface area contributed by atoms with Crippen molar-refractivity contribution in [1.29, 1.82) is 0 Å². The maximum absolute atomic E-state index is 12.6. The van der Waals surface area contributed by atoms with E-state index in [2.05, 4.69) is 20.5 Å². The van der Waals surface area contributed by atoms with Crippen LogP contribution < -0.4 is 10.6 Å². The predicted octanol–water partition coefficient (Wildman–Crippen LogP) is 1.46. The van der Waals surface area contributed by atoms with Crippen molar-refractivity contribution in [3.05, 3.63) is 35.2 Å². The highest BCUT2D eigenvalue weighted by Crippen LogP contribution is 2.16. The fourth-order valence-electron chi connectivity index (χ4n) is 3.40. The summed E-state index contributed by atoms with van der Waals surface area (Å²) in [7, 11) is 0. The van der Waals surface area contributed by atoms with Crippen molar-refractivity contribution >= 4 is 34.2 Å². The average molecular weight is 478 g/mol. The van der Waals surface area contributed by atoms with E-state index in [-0.39, 0.29) is 42.4 Å². The Hall–Kier alpha value is -2.76. The van der Waals surface area contributed by atoms with Crippen LogP contribution in [0.5, 0.6) is 0 Å². The molecule has 2 aromatic heterocycles. The number of morpholine rings is 1. The summed E-state index contributed by atoms with van der Waals surface area (Å²) in [6, 6.07) is 3.21. The van der Waals surface area contributed by atoms with Crippen LogP contribution in [0.2, 0.25) is 0 Å². The lowest BCUT2D eigenvalue weighted by atomic mass is 10.2. The molecular weight excluding hydrogens is 446 g/mol. The molecule has 11 heteroatoms. The molecule has 10 nitrogen and oxygen atoms in total. The number of rotatable bonds is 11. The summed E-state index contributed by atoms with van der Waals surface area (Å²) in [5.74, 6) is -0.424. The third-order valence-corrected chi connectivity index (χ3v) is 5.74. The van der Waals surface area contributed by atoms with E-state index in [1.807, 2.05) is 13.8 Å². The fourth-order valence-corrected chi connectivity index (χ4v) is 4.13. The first-order valence-electron chi connectivity index (χ1n) is 11.0. The van der Waals surface area contributed by atoms with E-state index in [4.69, 9.17) is 9.15 Å². The zero-order valence-electron chi connectivity index (χ0n) is 19.0. The van der Waals surface area contributed by atoms with Crippen molar-refractivity contribution in [2.45, 2.75) is 20.3 Å². The largest absolute Gasteiger partial charge is 0.459 e. The SMILES string of the molecule is CC(C)CN(CC(=O)Nc1nc(CC(=O)NCCN2CCOCC2)cs1)C(=O)c1ccco1. The first-order valence-corrected chi connectivity index (χ1v) is 11.9. The van der Waals surface area contributed by atoms with Crippen LogP contribution in [0.15, 0.2) is 28.2 Å². The van der Waals surface area contributed by atoms with Crippen LogP contribution in [0.1, 0.15) is 30.1 Å². The molecule has 0 spiro atoms. The van der Waals surface area contributed by atoms with E-state index in [9.17, 15) is 14.4 Å². The minimum absolute atomic E-state index is 0.112. The quantitative estimate of drug-likeness (QED) is 0.503. The van der Waals surface area contributed by atoms with Gasteiger partial charge in [0.1, 0.15) is 6.54 Å². The molecule has 1 saturated heterocycles. The second kappa shape index (κ2) is 12.5. The first kappa shape index (κ1) is 24.9. The summed E-state index contributed by atoms with van der Waals surface area (Å²) in [4.78, 5) is 45.4. The Morgan fingerprint density at radius 2 is 2.03 bits per heavy atom. The summed E-state index contributed by atoms with van der Waals surface area (Å²) in [6.45, 7) is 8.83. The predicted molar refractivity (Wildman–Crippen MR) is 124 cm³/mol. The van der Waals surface area contributed by atoms with Crippen LogP contribution in [0.3, 0.4) is 0 Å². The molecule has 0 aromatic carbocycles. The second-order valence-corrected chi connectivity index (χ2v) is 9.09. The molecule has 1 aliphatic rings. The van der Waals surface area contributed by atoms with Gasteiger partial charge < -0.3 is 24.7 Å². The molecule has 1 fully saturated rings. The van der Waals surface area contributed by atoms with Gasteiger partial charge in [0, 0.05) is 38.1 Å². The Morgan fingerprint density at radius 3 is 2.73 bits per heavy atom. The third-order valence-electron chi connectivity index (χ3n) is 4.93. The summed E-state index contributed by atoms with van der Waals surface area (Å²) < 4.78 is 10.5. The number of hydrogen-bond donors (Lipinski definition) is 2. The van der Waals surface area contributed by atoms with Crippen molar-refractivity contribution in [2.24, 2.45) is 5.92 Å². The molecule has 0 atom stereocenters. The monoisotopic (exact) mass is 477 g/mol. The molecule has 2 N–H and O–H groups in total. The maximum Gasteiger partial charge on any atom is 0.290 e. The van der Waals surface area contributed by atoms with E-state index < -0.39 is 0 Å². The zero-order chi connectivity index (χ0) is 23.6. The van der Waals surface area contributed by atoms with Gasteiger partial charge in [0.15, 0.2) is 10.9 Å². The molecule has 2 aromatic rings. The van der Waals surface area contributed by atoms with Crippen molar-refractivity contribution < 1.29 is 23.5 Å². The Labute approximate surface area is 197 Å². The van der Waals surface area contributed by atoms with Gasteiger partial charge in [-0.15, -0.1) is 11.3 Å². The lowest BCUT2D eigenvalue weighted by Crippen LogP contribution is -2.41. The van der Waals surface area contributed by atoms with Crippen molar-refractivity contribution in [3.8, 4) is 0 Å². The molecule has 180 valence electrons. The van der Waals surface area contributed by atoms with Gasteiger partial charge in [0.05, 0.1) is 31.6 Å². The summed E-state index contributed by atoms with van der Waals surface area (Å²) in [6.07, 6.45) is 1.57. The first-order chi connectivity index (χ1) is 15.9. The Balaban J connectivity index is 1.44. The van der Waals surface area contributed by atoms with Gasteiger partial charge in [-0.25, -0.2) is 4.98 Å². The maximum atomic E-state index is 12.6. The number of aromatic nitrogens is 1. The van der Waals surface area contributed by atoms with Crippen LogP contribution in [-0.2, 0) is 20.7 Å². The number of carbonyl (C=O) groups excluding carboxylic acids is 3. The highest BCUT2D eigenvalue weighted by atomic mass is 32.1. The van der Waals surface area contributed by atoms with Crippen molar-refractivity contribution in [2.75, 3.05) is 57.8 Å². The van der Waals surface area contributed by atoms with Crippen molar-refractivity contribution in [3.63, 3.8) is 0 Å². The Morgan fingerprint density at radius 1 is 1.24 bits per heavy atom. The van der Waals surface area contributed by atoms with Gasteiger partial charge in [-0.3, -0.25) is 19.3 Å². The smallest absolute Gasteiger partial charge is 0.290 e. The Bertz CT molecular complexity index is 908. The number of thiazole rings is 1. The number of nitrogens with one attached hydrogen (secondary N) is 2. The van der Waals surface area contributed by atoms with E-state index in [0.717, 1.165) is 32.8 Å². The molecule has 3 heterocycles. The molecule has 0 saturated carbocycles. The van der Waals surface area contributed by atoms with Crippen LogP contribution in [0, 0.1) is 5.92 Å². The van der Waals surface area contributed by atoms with Crippen LogP contribution in [-0.4, -0.2) is 85.0 Å². The molecular formula is C22H31N5O5S. The van der Waals surface area contributed by atoms with E-state index in [0.29, 0.717) is 23.9 Å². The number of carbonyl (C=O) groups is 3. The van der Waals surface area contributed by atoms with E-state index >= 15 is 0 Å². The van der Waals surface area contributed by atoms with Gasteiger partial charge in [-0.05, 0) is 18.1 Å². The molecule has 0 unspecified atom stereocenters. The molecule has 3 amide bonds. The molecule has 0 bridgehead atoms. The van der Waals surface area contributed by atoms with E-state index in [1.54, 1.807) is 17.5 Å². The van der Waals surface area contributed by atoms with E-state index in [1.165, 1.54) is 22.5 Å². The van der Waals surface area contributed by atoms with Gasteiger partial charge in [-0.1, -0.05) is 13.8 Å². The standard InChI is InChI=1S/C22H31N5O5S/c1-16(2)13-27(21(30)18-4-3-9-32-18)14-20(29)25-22-24-17(15-33-22)12-19(28)23-5-6-26-7-10-31-11-8-26/h3-4,9,15-16H,5-8,10-14H2,1-2H3,(H,23,28)(H,24,25,29). The minimum Gasteiger partial charge on any atom is -0.459 e. The number of hydrogen-bond acceptors (Lipinski definition) is 8. The number of furan rings is 1. The van der Waals surface area contributed by atoms with Crippen LogP contribution in [0.4, 0.5) is 5.13 Å². The molecule has 33 heavy (non-hydrogen) atoms. The number of nitrogens with zero attached hydrogens (tertiary/aromatic N) is 3. The zero-order valence-corrected chi connectivity index (χ0v) is 19.9. The van der Waals surface area contributed by atoms with Gasteiger partial charge in [0.2, 0.25) is 11.8 Å². The topological polar surface area (TPSA) is 117 Å². The van der Waals surface area contributed by atoms with Crippen molar-refractivity contribution in [1.82, 2.24) is 20.1 Å². The highest BCUT2D eigenvalue weighted by molar-refractivity contribution is 7.13. The highest BCUT2D eigenvalue weighted by Gasteiger charge is 2.22. The summed E-state index contributed by atoms with van der Waals surface area (Å²) >= 11 is 1.25. The van der Waals surface area contributed by atoms with Gasteiger partial charge in [0.25, 0.3) is 5.91 Å². The molecule has 0 aliphatic carbocycles. The van der Waals surface area contributed by atoms with Gasteiger partial charge >= 0.3 is 0 Å². The Kier molecular flexibility index (Phi) is 9.40. The van der Waals surface area contributed by atoms with Gasteiger partial charge in [-0.2, -0.15) is 0 Å². The number of amides is 3. The molecule has 0 radical (unpaired) electrons. The number of anilines is 1. The van der Waals surface area contributed by atoms with Crippen LogP contribution >= 0.6 is 11.3 Å². The average Bonchev–Trinajstić information content (AvgIpc) is 3.45. The molecule has 1 aliphatic heterocycles. The lowest BCUT2D eigenvalue weighted by Gasteiger charge is -2.26. The number of ether oxygens (including phenoxy) is 1. The molecule has 3 rings (SSSR count). The normalized spacial score (nSPS) is 14.3.